The van der Waals surface area contributed by atoms with E-state index in [9.17, 15) is 14.7 Å². The van der Waals surface area contributed by atoms with Crippen LogP contribution in [0.2, 0.25) is 0 Å². The molecule has 5 nitrogen and oxygen atoms in total. The molecule has 3 fully saturated rings. The van der Waals surface area contributed by atoms with E-state index in [0.717, 1.165) is 0 Å². The topological polar surface area (TPSA) is 66.8 Å². The molecule has 26 heavy (non-hydrogen) atoms. The molecule has 0 bridgehead atoms. The van der Waals surface area contributed by atoms with Gasteiger partial charge in [0.2, 0.25) is 0 Å². The maximum absolute atomic E-state index is 12.9. The lowest BCUT2D eigenvalue weighted by Gasteiger charge is -2.33. The van der Waals surface area contributed by atoms with Crippen molar-refractivity contribution in [3.05, 3.63) is 35.4 Å². The van der Waals surface area contributed by atoms with Crippen LogP contribution < -0.4 is 0 Å². The summed E-state index contributed by atoms with van der Waals surface area (Å²) in [5.74, 6) is -0.349. The van der Waals surface area contributed by atoms with Gasteiger partial charge in [0.1, 0.15) is 0 Å². The number of nitrogens with zero attached hydrogens (tertiary/aromatic N) is 1. The first-order chi connectivity index (χ1) is 12.6. The number of rotatable bonds is 3. The molecule has 2 saturated heterocycles. The van der Waals surface area contributed by atoms with Crippen molar-refractivity contribution in [3.8, 4) is 0 Å². The molecule has 1 amide bonds. The lowest BCUT2D eigenvalue weighted by molar-refractivity contribution is -0.157. The fourth-order valence-corrected chi connectivity index (χ4v) is 4.97. The Morgan fingerprint density at radius 1 is 1.12 bits per heavy atom. The number of hydrogen-bond acceptors (Lipinski definition) is 3. The predicted octanol–water partition coefficient (Wildman–Crippen LogP) is 3.30. The van der Waals surface area contributed by atoms with Crippen LogP contribution >= 0.6 is 0 Å². The van der Waals surface area contributed by atoms with Gasteiger partial charge in [0.15, 0.2) is 0 Å². The first-order valence-corrected chi connectivity index (χ1v) is 9.80. The van der Waals surface area contributed by atoms with Crippen LogP contribution in [0.1, 0.15) is 60.4 Å². The first-order valence-electron chi connectivity index (χ1n) is 9.80. The van der Waals surface area contributed by atoms with E-state index in [4.69, 9.17) is 4.74 Å². The maximum atomic E-state index is 12.9. The highest BCUT2D eigenvalue weighted by Crippen LogP contribution is 2.43. The van der Waals surface area contributed by atoms with E-state index in [1.54, 1.807) is 4.90 Å². The van der Waals surface area contributed by atoms with Crippen molar-refractivity contribution >= 4 is 11.9 Å². The summed E-state index contributed by atoms with van der Waals surface area (Å²) in [6, 6.07) is 8.00. The number of carbonyl (C=O) groups excluding carboxylic acids is 1. The Morgan fingerprint density at radius 2 is 1.85 bits per heavy atom. The van der Waals surface area contributed by atoms with Gasteiger partial charge in [-0.15, -0.1) is 0 Å². The lowest BCUT2D eigenvalue weighted by atomic mass is 9.74. The maximum Gasteiger partial charge on any atom is 0.311 e. The second kappa shape index (κ2) is 7.03. The summed E-state index contributed by atoms with van der Waals surface area (Å²) in [6.07, 6.45) is 6.87. The molecule has 140 valence electrons. The highest BCUT2D eigenvalue weighted by Gasteiger charge is 2.54. The summed E-state index contributed by atoms with van der Waals surface area (Å²) in [6.45, 7) is 1.65. The third kappa shape index (κ3) is 3.02. The van der Waals surface area contributed by atoms with Crippen LogP contribution in [0.15, 0.2) is 24.3 Å². The summed E-state index contributed by atoms with van der Waals surface area (Å²) >= 11 is 0. The van der Waals surface area contributed by atoms with Crippen molar-refractivity contribution in [2.45, 2.75) is 44.4 Å². The Morgan fingerprint density at radius 3 is 2.50 bits per heavy atom. The second-order valence-corrected chi connectivity index (χ2v) is 8.13. The standard InChI is InChI=1S/C21H27NO4/c23-19(17-8-6-16(7-9-17)15-4-2-1-3-5-15)22-12-18-13-26-11-10-21(18,14-22)20(24)25/h6-9,15,18H,1-5,10-14H2,(H,24,25)/t18-,21+/m0/s1. The van der Waals surface area contributed by atoms with Crippen molar-refractivity contribution in [3.63, 3.8) is 0 Å². The number of carbonyl (C=O) groups is 2. The van der Waals surface area contributed by atoms with Crippen LogP contribution in [0.25, 0.3) is 0 Å². The van der Waals surface area contributed by atoms with E-state index < -0.39 is 11.4 Å². The molecule has 2 heterocycles. The van der Waals surface area contributed by atoms with E-state index >= 15 is 0 Å². The minimum Gasteiger partial charge on any atom is -0.481 e. The zero-order chi connectivity index (χ0) is 18.1. The van der Waals surface area contributed by atoms with Crippen molar-refractivity contribution in [1.29, 1.82) is 0 Å². The van der Waals surface area contributed by atoms with Crippen LogP contribution in [0.3, 0.4) is 0 Å². The van der Waals surface area contributed by atoms with Gasteiger partial charge in [-0.2, -0.15) is 0 Å². The average molecular weight is 357 g/mol. The van der Waals surface area contributed by atoms with E-state index in [-0.39, 0.29) is 11.8 Å². The molecule has 2 atom stereocenters. The number of likely N-dealkylation sites (tertiary alicyclic amines) is 1. The lowest BCUT2D eigenvalue weighted by Crippen LogP contribution is -2.45. The number of ether oxygens (including phenoxy) is 1. The van der Waals surface area contributed by atoms with Gasteiger partial charge < -0.3 is 14.7 Å². The number of carboxylic acids is 1. The summed E-state index contributed by atoms with van der Waals surface area (Å²) in [5, 5.41) is 9.76. The highest BCUT2D eigenvalue weighted by atomic mass is 16.5. The van der Waals surface area contributed by atoms with Gasteiger partial charge in [0.25, 0.3) is 5.91 Å². The van der Waals surface area contributed by atoms with Crippen LogP contribution in [0.5, 0.6) is 0 Å². The molecule has 3 aliphatic rings. The van der Waals surface area contributed by atoms with Gasteiger partial charge in [0, 0.05) is 31.2 Å². The number of amides is 1. The van der Waals surface area contributed by atoms with Crippen LogP contribution in [-0.2, 0) is 9.53 Å². The predicted molar refractivity (Wildman–Crippen MR) is 97.2 cm³/mol. The molecular weight excluding hydrogens is 330 g/mol. The van der Waals surface area contributed by atoms with E-state index in [0.29, 0.717) is 44.2 Å². The second-order valence-electron chi connectivity index (χ2n) is 8.13. The van der Waals surface area contributed by atoms with Crippen LogP contribution in [-0.4, -0.2) is 48.2 Å². The molecule has 2 aliphatic heterocycles. The Bertz CT molecular complexity index is 680. The molecule has 1 aromatic carbocycles. The Hall–Kier alpha value is -1.88. The largest absolute Gasteiger partial charge is 0.481 e. The molecule has 0 spiro atoms. The Labute approximate surface area is 154 Å². The number of fused-ring (bicyclic) bond motifs is 1. The molecule has 0 unspecified atom stereocenters. The Balaban J connectivity index is 1.48. The minimum atomic E-state index is -0.837. The summed E-state index contributed by atoms with van der Waals surface area (Å²) in [7, 11) is 0. The minimum absolute atomic E-state index is 0.0600. The zero-order valence-corrected chi connectivity index (χ0v) is 15.2. The summed E-state index contributed by atoms with van der Waals surface area (Å²) < 4.78 is 5.47. The van der Waals surface area contributed by atoms with Crippen molar-refractivity contribution in [2.75, 3.05) is 26.3 Å². The van der Waals surface area contributed by atoms with Crippen molar-refractivity contribution in [2.24, 2.45) is 11.3 Å². The zero-order valence-electron chi connectivity index (χ0n) is 15.2. The molecule has 1 aliphatic carbocycles. The molecule has 0 aromatic heterocycles. The monoisotopic (exact) mass is 357 g/mol. The fourth-order valence-electron chi connectivity index (χ4n) is 4.97. The number of benzene rings is 1. The first kappa shape index (κ1) is 17.5. The van der Waals surface area contributed by atoms with Gasteiger partial charge in [-0.05, 0) is 42.9 Å². The number of carboxylic acid groups (broad SMARTS) is 1. The van der Waals surface area contributed by atoms with Gasteiger partial charge in [0.05, 0.1) is 12.0 Å². The SMILES string of the molecule is O=C(c1ccc(C2CCCCC2)cc1)N1C[C@H]2COCC[C@@]2(C(=O)O)C1. The van der Waals surface area contributed by atoms with Gasteiger partial charge in [-0.25, -0.2) is 0 Å². The molecule has 0 radical (unpaired) electrons. The molecule has 1 aromatic rings. The number of aliphatic carboxylic acids is 1. The molecule has 1 N–H and O–H groups in total. The Kier molecular flexibility index (Phi) is 4.74. The summed E-state index contributed by atoms with van der Waals surface area (Å²) in [5.41, 5.74) is 1.15. The smallest absolute Gasteiger partial charge is 0.311 e. The quantitative estimate of drug-likeness (QED) is 0.901. The van der Waals surface area contributed by atoms with Gasteiger partial charge in [-0.1, -0.05) is 31.4 Å². The summed E-state index contributed by atoms with van der Waals surface area (Å²) in [4.78, 5) is 26.5. The van der Waals surface area contributed by atoms with Gasteiger partial charge in [-0.3, -0.25) is 9.59 Å². The van der Waals surface area contributed by atoms with Crippen molar-refractivity contribution < 1.29 is 19.4 Å². The van der Waals surface area contributed by atoms with Crippen LogP contribution in [0, 0.1) is 11.3 Å². The van der Waals surface area contributed by atoms with E-state index in [1.807, 2.05) is 12.1 Å². The number of hydrogen-bond donors (Lipinski definition) is 1. The highest BCUT2D eigenvalue weighted by molar-refractivity contribution is 5.95. The van der Waals surface area contributed by atoms with Crippen molar-refractivity contribution in [1.82, 2.24) is 4.90 Å². The molecular formula is C21H27NO4. The fraction of sp³-hybridized carbons (Fsp3) is 0.619. The van der Waals surface area contributed by atoms with Gasteiger partial charge >= 0.3 is 5.97 Å². The van der Waals surface area contributed by atoms with E-state index in [2.05, 4.69) is 12.1 Å². The normalized spacial score (nSPS) is 29.4. The van der Waals surface area contributed by atoms with E-state index in [1.165, 1.54) is 37.7 Å². The molecule has 1 saturated carbocycles. The third-order valence-electron chi connectivity index (χ3n) is 6.65. The average Bonchev–Trinajstić information content (AvgIpc) is 3.09. The van der Waals surface area contributed by atoms with Crippen LogP contribution in [0.4, 0.5) is 0 Å². The molecule has 4 rings (SSSR count). The third-order valence-corrected chi connectivity index (χ3v) is 6.65. The molecule has 5 heteroatoms.